The number of hydrogen-bond acceptors (Lipinski definition) is 3. The topological polar surface area (TPSA) is 38.9 Å². The molecule has 9 aromatic rings. The summed E-state index contributed by atoms with van der Waals surface area (Å²) in [5.74, 6) is -0.866. The number of rotatable bonds is 5. The van der Waals surface area contributed by atoms with Gasteiger partial charge in [-0.1, -0.05) is 142 Å². The van der Waals surface area contributed by atoms with Crippen LogP contribution in [0.4, 0.5) is 0 Å². The van der Waals surface area contributed by atoms with Crippen molar-refractivity contribution in [2.45, 2.75) is 85.2 Å². The van der Waals surface area contributed by atoms with Crippen LogP contribution in [-0.2, 0) is 25.5 Å². The Kier molecular flexibility index (Phi) is 8.19. The van der Waals surface area contributed by atoms with Crippen LogP contribution in [0.1, 0.15) is 104 Å². The molecule has 61 heavy (non-hydrogen) atoms. The van der Waals surface area contributed by atoms with Gasteiger partial charge in [-0.05, 0) is 112 Å². The van der Waals surface area contributed by atoms with E-state index in [1.54, 1.807) is 54.6 Å². The van der Waals surface area contributed by atoms with Crippen LogP contribution < -0.4 is 0 Å². The molecule has 0 amide bonds. The molecule has 1 aliphatic rings. The molecule has 307 valence electrons. The van der Waals surface area contributed by atoms with Gasteiger partial charge in [-0.25, -0.2) is 0 Å². The van der Waals surface area contributed by atoms with Crippen LogP contribution in [0, 0.1) is 39.5 Å². The Morgan fingerprint density at radius 3 is 2.20 bits per heavy atom. The van der Waals surface area contributed by atoms with Crippen molar-refractivity contribution in [3.8, 4) is 44.8 Å². The van der Waals surface area contributed by atoms with Gasteiger partial charge in [-0.15, -0.1) is 53.6 Å². The van der Waals surface area contributed by atoms with E-state index in [4.69, 9.17) is 22.2 Å². The Bertz CT molecular complexity index is 3450. The summed E-state index contributed by atoms with van der Waals surface area (Å²) in [4.78, 5) is 8.99. The second-order valence-electron chi connectivity index (χ2n) is 16.5. The molecule has 3 heterocycles. The maximum absolute atomic E-state index is 8.97. The summed E-state index contributed by atoms with van der Waals surface area (Å²) >= 11 is 0. The fraction of sp³-hybridized carbons (Fsp3) is 0.228. The first-order valence-electron chi connectivity index (χ1n) is 26.8. The minimum Gasteiger partial charge on any atom is -0.500 e. The maximum Gasteiger partial charge on any atom is 0.128 e. The molecule has 0 unspecified atom stereocenters. The number of benzene rings is 6. The Morgan fingerprint density at radius 2 is 1.44 bits per heavy atom. The molecule has 6 aromatic carbocycles. The van der Waals surface area contributed by atoms with Crippen LogP contribution in [-0.4, -0.2) is 9.97 Å². The monoisotopic (exact) mass is 986 g/mol. The molecule has 1 fully saturated rings. The Hall–Kier alpha value is -5.67. The molecule has 4 heteroatoms. The van der Waals surface area contributed by atoms with Crippen LogP contribution in [0.5, 0.6) is 0 Å². The zero-order valence-electron chi connectivity index (χ0n) is 47.2. The van der Waals surface area contributed by atoms with Crippen molar-refractivity contribution in [3.05, 3.63) is 179 Å². The number of furan rings is 1. The summed E-state index contributed by atoms with van der Waals surface area (Å²) in [7, 11) is 0. The zero-order chi connectivity index (χ0) is 52.5. The Morgan fingerprint density at radius 1 is 0.656 bits per heavy atom. The smallest absolute Gasteiger partial charge is 0.128 e. The van der Waals surface area contributed by atoms with Crippen LogP contribution in [0.15, 0.2) is 138 Å². The van der Waals surface area contributed by atoms with E-state index in [1.165, 1.54) is 23.9 Å². The number of aryl methyl sites for hydroxylation is 4. The van der Waals surface area contributed by atoms with Gasteiger partial charge in [0.2, 0.25) is 0 Å². The molecule has 0 N–H and O–H groups in total. The Balaban J connectivity index is 0.000000292. The minimum absolute atomic E-state index is 0. The van der Waals surface area contributed by atoms with Gasteiger partial charge in [0.25, 0.3) is 0 Å². The third-order valence-electron chi connectivity index (χ3n) is 11.5. The van der Waals surface area contributed by atoms with E-state index in [9.17, 15) is 0 Å². The first kappa shape index (κ1) is 28.8. The van der Waals surface area contributed by atoms with Gasteiger partial charge in [0.1, 0.15) is 5.58 Å². The molecule has 1 saturated carbocycles. The summed E-state index contributed by atoms with van der Waals surface area (Å²) in [6.07, 6.45) is 6.20. The Labute approximate surface area is 392 Å². The molecule has 1 aliphatic carbocycles. The number of aromatic nitrogens is 2. The van der Waals surface area contributed by atoms with Crippen molar-refractivity contribution in [2.75, 3.05) is 0 Å². The maximum atomic E-state index is 8.97. The van der Waals surface area contributed by atoms with Crippen molar-refractivity contribution >= 4 is 32.7 Å². The summed E-state index contributed by atoms with van der Waals surface area (Å²) in [6.45, 7) is -3.55. The van der Waals surface area contributed by atoms with Crippen LogP contribution >= 0.6 is 0 Å². The summed E-state index contributed by atoms with van der Waals surface area (Å²) in [5.41, 5.74) is 6.60. The number of pyridine rings is 2. The van der Waals surface area contributed by atoms with Gasteiger partial charge in [-0.3, -0.25) is 0 Å². The molecule has 1 radical (unpaired) electrons. The van der Waals surface area contributed by atoms with Crippen molar-refractivity contribution in [2.24, 2.45) is 0 Å². The van der Waals surface area contributed by atoms with E-state index < -0.39 is 33.3 Å². The van der Waals surface area contributed by atoms with Gasteiger partial charge < -0.3 is 14.4 Å². The van der Waals surface area contributed by atoms with Gasteiger partial charge in [-0.2, -0.15) is 0 Å². The van der Waals surface area contributed by atoms with Crippen molar-refractivity contribution in [3.63, 3.8) is 0 Å². The van der Waals surface area contributed by atoms with E-state index in [0.717, 1.165) is 45.6 Å². The summed E-state index contributed by atoms with van der Waals surface area (Å²) < 4.78 is 113. The second kappa shape index (κ2) is 17.4. The van der Waals surface area contributed by atoms with Crippen LogP contribution in [0.2, 0.25) is 0 Å². The standard InChI is InChI=1S/C41H34NO.C16H18N.Ir/c1-25-21-30(28-9-4-5-10-28)16-18-32(25)31-17-19-33(26(2)22-31)38-23-39(42-24-27(38)3)37-14-8-13-35-36-20-15-29-11-6-7-12-34(29)40(36)43-41(35)37;1-12-5-7-13(8-6-12)15-10-9-14(11-17-15)16(2,3)4;/h6-8,11-13,15-24,28H,4-5,9-10H2,1-3H3;5-7,9-11H,1-4H3;/q2*-1;/i1D3,2D3,3D3,28D;1D3;. The number of hydrogen-bond donors (Lipinski definition) is 0. The average molecular weight is 986 g/mol. The molecule has 3 nitrogen and oxygen atoms in total. The summed E-state index contributed by atoms with van der Waals surface area (Å²) in [5, 5.41) is 3.69. The predicted molar refractivity (Wildman–Crippen MR) is 252 cm³/mol. The first-order chi connectivity index (χ1) is 34.2. The van der Waals surface area contributed by atoms with Gasteiger partial charge >= 0.3 is 0 Å². The van der Waals surface area contributed by atoms with Gasteiger partial charge in [0.05, 0.1) is 5.58 Å². The molecule has 0 aliphatic heterocycles. The molecule has 3 aromatic heterocycles. The fourth-order valence-electron chi connectivity index (χ4n) is 8.11. The predicted octanol–water partition coefficient (Wildman–Crippen LogP) is 15.7. The normalized spacial score (nSPS) is 17.5. The van der Waals surface area contributed by atoms with Crippen LogP contribution in [0.25, 0.3) is 77.5 Å². The largest absolute Gasteiger partial charge is 0.500 e. The third-order valence-corrected chi connectivity index (χ3v) is 11.5. The van der Waals surface area contributed by atoms with E-state index in [0.29, 0.717) is 57.5 Å². The van der Waals surface area contributed by atoms with E-state index in [1.807, 2.05) is 60.8 Å². The number of fused-ring (bicyclic) bond motifs is 5. The quantitative estimate of drug-likeness (QED) is 0.161. The van der Waals surface area contributed by atoms with Gasteiger partial charge in [0.15, 0.2) is 0 Å². The fourth-order valence-corrected chi connectivity index (χ4v) is 8.11. The minimum atomic E-state index is -2.71. The van der Waals surface area contributed by atoms with Crippen molar-refractivity contribution in [1.82, 2.24) is 9.97 Å². The SMILES string of the molecule is [2H]C([2H])([2H])c1c[c-]c(-c2ccc(C(C)(C)C)cn2)cc1.[2H]C([2H])([2H])c1cc(C2([2H])CCCC2)ccc1-c1ccc(-c2cc(-c3[c-]ccc4c3oc3c5ccccc5ccc43)ncc2C([2H])([2H])[2H])c(C([2H])([2H])[2H])c1.[Ir]. The molecule has 0 spiro atoms. The van der Waals surface area contributed by atoms with E-state index in [2.05, 4.69) is 42.9 Å². The van der Waals surface area contributed by atoms with Crippen molar-refractivity contribution in [1.29, 1.82) is 0 Å². The third kappa shape index (κ3) is 8.50. The van der Waals surface area contributed by atoms with Crippen molar-refractivity contribution < 1.29 is 42.3 Å². The average Bonchev–Trinajstić information content (AvgIpc) is 3.97. The molecule has 10 rings (SSSR count). The first-order valence-corrected chi connectivity index (χ1v) is 20.3. The molecular formula is C57H52IrN2O-2. The zero-order valence-corrected chi connectivity index (χ0v) is 36.6. The molecular weight excluding hydrogens is 921 g/mol. The second-order valence-corrected chi connectivity index (χ2v) is 16.5. The summed E-state index contributed by atoms with van der Waals surface area (Å²) in [6, 6.07) is 41.8. The van der Waals surface area contributed by atoms with Gasteiger partial charge in [0, 0.05) is 61.1 Å². The van der Waals surface area contributed by atoms with E-state index >= 15 is 0 Å². The van der Waals surface area contributed by atoms with Crippen LogP contribution in [0.3, 0.4) is 0 Å². The molecule has 0 bridgehead atoms. The number of nitrogens with zero attached hydrogens (tertiary/aromatic N) is 2. The van der Waals surface area contributed by atoms with E-state index in [-0.39, 0.29) is 53.3 Å². The molecule has 0 atom stereocenters. The molecule has 0 saturated heterocycles.